The van der Waals surface area contributed by atoms with Gasteiger partial charge in [0.1, 0.15) is 28.5 Å². The molecular formula is C24H22F2N6O5S. The molecule has 2 N–H and O–H groups in total. The molecule has 4 aromatic rings. The molecule has 0 saturated carbocycles. The van der Waals surface area contributed by atoms with Crippen LogP contribution in [0.3, 0.4) is 0 Å². The van der Waals surface area contributed by atoms with Gasteiger partial charge >= 0.3 is 0 Å². The fourth-order valence-electron chi connectivity index (χ4n) is 3.60. The molecule has 4 rings (SSSR count). The number of sulfonamides is 1. The second-order valence-electron chi connectivity index (χ2n) is 8.11. The molecule has 14 heteroatoms. The molecule has 0 unspecified atom stereocenters. The lowest BCUT2D eigenvalue weighted by atomic mass is 10.2. The van der Waals surface area contributed by atoms with E-state index in [9.17, 15) is 22.3 Å². The molecule has 0 aliphatic carbocycles. The van der Waals surface area contributed by atoms with Gasteiger partial charge in [-0.15, -0.1) is 10.2 Å². The first-order valence-electron chi connectivity index (χ1n) is 11.0. The average Bonchev–Trinajstić information content (AvgIpc) is 3.29. The Bertz CT molecular complexity index is 1560. The van der Waals surface area contributed by atoms with Crippen LogP contribution in [0.2, 0.25) is 0 Å². The number of phenolic OH excluding ortho intramolecular Hbond substituents is 1. The third-order valence-electron chi connectivity index (χ3n) is 5.57. The van der Waals surface area contributed by atoms with Crippen LogP contribution < -0.4 is 9.46 Å². The molecule has 0 radical (unpaired) electrons. The number of rotatable bonds is 9. The molecule has 0 saturated heterocycles. The number of halogens is 2. The number of anilines is 1. The van der Waals surface area contributed by atoms with Crippen molar-refractivity contribution in [3.8, 4) is 28.6 Å². The van der Waals surface area contributed by atoms with E-state index in [0.717, 1.165) is 16.2 Å². The minimum absolute atomic E-state index is 0.0661. The Morgan fingerprint density at radius 1 is 1.13 bits per heavy atom. The summed E-state index contributed by atoms with van der Waals surface area (Å²) in [6.07, 6.45) is 2.01. The largest absolute Gasteiger partial charge is 0.506 e. The number of nitrogens with one attached hydrogen (secondary N) is 1. The first-order chi connectivity index (χ1) is 18.1. The zero-order valence-electron chi connectivity index (χ0n) is 20.6. The SMILES string of the molecule is COc1cccc(O)c1-n1c(NS(=O)(=O)[C@@H](C)[C@H](OC)c2ncc(C)cn2)nnc1-c1c#cc(F)c(F)c1. The molecule has 0 spiro atoms. The number of aromatic nitrogens is 5. The van der Waals surface area contributed by atoms with E-state index in [4.69, 9.17) is 9.47 Å². The normalized spacial score (nSPS) is 13.0. The van der Waals surface area contributed by atoms with Gasteiger partial charge in [-0.25, -0.2) is 22.8 Å². The topological polar surface area (TPSA) is 141 Å². The Hall–Kier alpha value is -4.35. The minimum Gasteiger partial charge on any atom is -0.506 e. The monoisotopic (exact) mass is 544 g/mol. The van der Waals surface area contributed by atoms with Gasteiger partial charge in [0.15, 0.2) is 17.5 Å². The van der Waals surface area contributed by atoms with E-state index in [1.54, 1.807) is 6.92 Å². The standard InChI is InChI=1S/C24H22F2N6O5S/c1-13-11-27-22(28-12-13)21(37-4)14(2)38(34,35)31-24-30-29-23(15-8-9-16(25)17(26)10-15)32(24)20-18(33)6-5-7-19(20)36-3/h5-7,10-12,14,21,33H,1-4H3,(H,30,31)/t14-,21-/m0/s1. The van der Waals surface area contributed by atoms with E-state index >= 15 is 0 Å². The maximum Gasteiger partial charge on any atom is 0.243 e. The molecule has 2 aromatic heterocycles. The van der Waals surface area contributed by atoms with E-state index in [1.807, 2.05) is 6.07 Å². The van der Waals surface area contributed by atoms with Gasteiger partial charge in [0, 0.05) is 19.5 Å². The van der Waals surface area contributed by atoms with Gasteiger partial charge in [-0.1, -0.05) is 12.1 Å². The minimum atomic E-state index is -4.28. The van der Waals surface area contributed by atoms with E-state index in [-0.39, 0.29) is 40.3 Å². The summed E-state index contributed by atoms with van der Waals surface area (Å²) in [5.41, 5.74) is 0.590. The van der Waals surface area contributed by atoms with Gasteiger partial charge in [0.05, 0.1) is 12.7 Å². The number of para-hydroxylation sites is 1. The molecule has 0 bridgehead atoms. The smallest absolute Gasteiger partial charge is 0.243 e. The molecule has 2 aromatic carbocycles. The summed E-state index contributed by atoms with van der Waals surface area (Å²) < 4.78 is 68.6. The quantitative estimate of drug-likeness (QED) is 0.325. The van der Waals surface area contributed by atoms with E-state index in [1.165, 1.54) is 51.7 Å². The predicted molar refractivity (Wildman–Crippen MR) is 131 cm³/mol. The van der Waals surface area contributed by atoms with Crippen molar-refractivity contribution in [1.82, 2.24) is 24.7 Å². The fraction of sp³-hybridized carbons (Fsp3) is 0.250. The zero-order chi connectivity index (χ0) is 27.6. The summed E-state index contributed by atoms with van der Waals surface area (Å²) in [6, 6.07) is 9.51. The van der Waals surface area contributed by atoms with Gasteiger partial charge in [-0.3, -0.25) is 9.29 Å². The van der Waals surface area contributed by atoms with Crippen molar-refractivity contribution in [2.45, 2.75) is 25.2 Å². The van der Waals surface area contributed by atoms with Crippen molar-refractivity contribution in [3.05, 3.63) is 71.8 Å². The Labute approximate surface area is 217 Å². The number of hydrogen-bond donors (Lipinski definition) is 2. The molecule has 198 valence electrons. The fourth-order valence-corrected chi connectivity index (χ4v) is 4.74. The van der Waals surface area contributed by atoms with Gasteiger partial charge < -0.3 is 14.6 Å². The van der Waals surface area contributed by atoms with Crippen LogP contribution in [-0.2, 0) is 14.8 Å². The van der Waals surface area contributed by atoms with Crippen LogP contribution in [0.5, 0.6) is 11.5 Å². The third kappa shape index (κ3) is 5.06. The second kappa shape index (κ2) is 10.6. The maximum atomic E-state index is 14.0. The van der Waals surface area contributed by atoms with Crippen LogP contribution in [0.4, 0.5) is 14.7 Å². The van der Waals surface area contributed by atoms with Crippen molar-refractivity contribution >= 4 is 16.0 Å². The Kier molecular flexibility index (Phi) is 7.42. The van der Waals surface area contributed by atoms with Crippen LogP contribution >= 0.6 is 0 Å². The average molecular weight is 545 g/mol. The molecule has 2 atom stereocenters. The van der Waals surface area contributed by atoms with E-state index in [2.05, 4.69) is 31.0 Å². The predicted octanol–water partition coefficient (Wildman–Crippen LogP) is 3.14. The van der Waals surface area contributed by atoms with Crippen molar-refractivity contribution in [1.29, 1.82) is 0 Å². The van der Waals surface area contributed by atoms with Crippen molar-refractivity contribution in [3.63, 3.8) is 0 Å². The summed E-state index contributed by atoms with van der Waals surface area (Å²) >= 11 is 0. The molecule has 0 amide bonds. The van der Waals surface area contributed by atoms with Crippen molar-refractivity contribution in [2.24, 2.45) is 0 Å². The zero-order valence-corrected chi connectivity index (χ0v) is 21.4. The molecule has 0 aliphatic heterocycles. The molecule has 38 heavy (non-hydrogen) atoms. The van der Waals surface area contributed by atoms with Crippen molar-refractivity contribution < 1.29 is 31.8 Å². The van der Waals surface area contributed by atoms with E-state index < -0.39 is 33.0 Å². The third-order valence-corrected chi connectivity index (χ3v) is 7.26. The lowest BCUT2D eigenvalue weighted by Crippen LogP contribution is -2.33. The van der Waals surface area contributed by atoms with Crippen LogP contribution in [0.25, 0.3) is 17.1 Å². The summed E-state index contributed by atoms with van der Waals surface area (Å²) in [4.78, 5) is 8.33. The summed E-state index contributed by atoms with van der Waals surface area (Å²) in [6.45, 7) is 3.17. The molecular weight excluding hydrogens is 522 g/mol. The number of aryl methyl sites for hydroxylation is 1. The van der Waals surface area contributed by atoms with Crippen LogP contribution in [-0.4, -0.2) is 57.7 Å². The number of hydrogen-bond acceptors (Lipinski definition) is 9. The summed E-state index contributed by atoms with van der Waals surface area (Å²) in [7, 11) is -1.63. The molecule has 2 heterocycles. The number of benzene rings is 1. The summed E-state index contributed by atoms with van der Waals surface area (Å²) in [5, 5.41) is 17.3. The lowest BCUT2D eigenvalue weighted by Gasteiger charge is -2.22. The number of ether oxygens (including phenoxy) is 2. The lowest BCUT2D eigenvalue weighted by molar-refractivity contribution is 0.0949. The van der Waals surface area contributed by atoms with Gasteiger partial charge in [-0.2, -0.15) is 4.39 Å². The van der Waals surface area contributed by atoms with Crippen LogP contribution in [0, 0.1) is 30.7 Å². The highest BCUT2D eigenvalue weighted by Crippen LogP contribution is 2.37. The van der Waals surface area contributed by atoms with E-state index in [0.29, 0.717) is 0 Å². The highest BCUT2D eigenvalue weighted by atomic mass is 32.2. The van der Waals surface area contributed by atoms with Gasteiger partial charge in [0.25, 0.3) is 0 Å². The molecule has 0 aliphatic rings. The Morgan fingerprint density at radius 2 is 1.84 bits per heavy atom. The number of aromatic hydroxyl groups is 1. The maximum absolute atomic E-state index is 14.0. The number of methoxy groups -OCH3 is 2. The number of phenols is 1. The number of nitrogens with zero attached hydrogens (tertiary/aromatic N) is 5. The Morgan fingerprint density at radius 3 is 2.47 bits per heavy atom. The summed E-state index contributed by atoms with van der Waals surface area (Å²) in [5.74, 6) is -3.16. The first kappa shape index (κ1) is 26.7. The highest BCUT2D eigenvalue weighted by Gasteiger charge is 2.35. The highest BCUT2D eigenvalue weighted by molar-refractivity contribution is 7.93. The van der Waals surface area contributed by atoms with Gasteiger partial charge in [-0.05, 0) is 43.7 Å². The van der Waals surface area contributed by atoms with Gasteiger partial charge in [0.2, 0.25) is 21.8 Å². The van der Waals surface area contributed by atoms with Crippen LogP contribution in [0.1, 0.15) is 24.4 Å². The van der Waals surface area contributed by atoms with Crippen molar-refractivity contribution in [2.75, 3.05) is 18.9 Å². The molecule has 0 fully saturated rings. The second-order valence-corrected chi connectivity index (χ2v) is 10.1. The van der Waals surface area contributed by atoms with Crippen LogP contribution in [0.15, 0.2) is 36.7 Å². The first-order valence-corrected chi connectivity index (χ1v) is 12.6. The molecule has 11 nitrogen and oxygen atoms in total. The Balaban J connectivity index is 1.83.